The fourth-order valence-electron chi connectivity index (χ4n) is 2.04. The van der Waals surface area contributed by atoms with Crippen LogP contribution in [0, 0.1) is 11.3 Å². The average molecular weight is 292 g/mol. The van der Waals surface area contributed by atoms with Crippen molar-refractivity contribution in [3.05, 3.63) is 0 Å². The second kappa shape index (κ2) is 6.52. The van der Waals surface area contributed by atoms with Crippen LogP contribution in [0.25, 0.3) is 0 Å². The van der Waals surface area contributed by atoms with E-state index in [1.54, 1.807) is 0 Å². The van der Waals surface area contributed by atoms with E-state index in [0.717, 1.165) is 19.3 Å². The number of rotatable bonds is 6. The number of hydrogen-bond acceptors (Lipinski definition) is 3. The van der Waals surface area contributed by atoms with Gasteiger partial charge in [0, 0.05) is 19.1 Å². The van der Waals surface area contributed by atoms with Gasteiger partial charge in [-0.1, -0.05) is 34.1 Å². The molecule has 0 saturated carbocycles. The Morgan fingerprint density at radius 2 is 2.00 bits per heavy atom. The molecule has 0 spiro atoms. The van der Waals surface area contributed by atoms with Crippen LogP contribution in [0.15, 0.2) is 0 Å². The third-order valence-electron chi connectivity index (χ3n) is 4.37. The molecule has 19 heavy (non-hydrogen) atoms. The van der Waals surface area contributed by atoms with Crippen molar-refractivity contribution in [1.82, 2.24) is 9.03 Å². The molecule has 114 valence electrons. The minimum Gasteiger partial charge on any atom is -0.395 e. The Kier molecular flexibility index (Phi) is 5.79. The van der Waals surface area contributed by atoms with Crippen molar-refractivity contribution in [1.29, 1.82) is 0 Å². The van der Waals surface area contributed by atoms with E-state index >= 15 is 0 Å². The van der Waals surface area contributed by atoms with Crippen molar-refractivity contribution >= 4 is 10.2 Å². The number of piperidine rings is 1. The van der Waals surface area contributed by atoms with Crippen molar-refractivity contribution in [3.63, 3.8) is 0 Å². The molecular weight excluding hydrogens is 264 g/mol. The zero-order valence-electron chi connectivity index (χ0n) is 12.5. The Bertz CT molecular complexity index is 379. The van der Waals surface area contributed by atoms with Gasteiger partial charge in [-0.3, -0.25) is 0 Å². The second-order valence-corrected chi connectivity index (χ2v) is 8.12. The highest BCUT2D eigenvalue weighted by molar-refractivity contribution is 7.87. The van der Waals surface area contributed by atoms with E-state index < -0.39 is 10.2 Å². The molecule has 0 aliphatic carbocycles. The molecule has 1 atom stereocenters. The Balaban J connectivity index is 2.70. The number of aliphatic hydroxyl groups is 1. The van der Waals surface area contributed by atoms with Crippen LogP contribution in [-0.4, -0.2) is 43.6 Å². The van der Waals surface area contributed by atoms with Gasteiger partial charge in [0.15, 0.2) is 0 Å². The van der Waals surface area contributed by atoms with Crippen molar-refractivity contribution in [2.45, 2.75) is 53.0 Å². The SMILES string of the molecule is CC(C)C(C)(C)CNS(=O)(=O)N1CCCCC1CO. The molecule has 6 heteroatoms. The maximum Gasteiger partial charge on any atom is 0.279 e. The van der Waals surface area contributed by atoms with Gasteiger partial charge >= 0.3 is 0 Å². The number of hydrogen-bond donors (Lipinski definition) is 2. The third kappa shape index (κ3) is 4.41. The first-order chi connectivity index (χ1) is 8.70. The van der Waals surface area contributed by atoms with E-state index in [1.807, 2.05) is 0 Å². The lowest BCUT2D eigenvalue weighted by molar-refractivity contribution is 0.152. The van der Waals surface area contributed by atoms with Crippen LogP contribution in [0.1, 0.15) is 47.0 Å². The molecule has 0 aromatic heterocycles. The van der Waals surface area contributed by atoms with Crippen LogP contribution in [0.3, 0.4) is 0 Å². The maximum atomic E-state index is 12.3. The van der Waals surface area contributed by atoms with Gasteiger partial charge in [0.1, 0.15) is 0 Å². The molecule has 1 unspecified atom stereocenters. The molecule has 1 aliphatic rings. The zero-order chi connectivity index (χ0) is 14.7. The molecule has 0 aromatic rings. The van der Waals surface area contributed by atoms with E-state index in [1.165, 1.54) is 4.31 Å². The Hall–Kier alpha value is -0.170. The van der Waals surface area contributed by atoms with Gasteiger partial charge in [-0.25, -0.2) is 4.72 Å². The lowest BCUT2D eigenvalue weighted by atomic mass is 9.81. The lowest BCUT2D eigenvalue weighted by Crippen LogP contribution is -2.52. The van der Waals surface area contributed by atoms with E-state index in [2.05, 4.69) is 32.4 Å². The average Bonchev–Trinajstić information content (AvgIpc) is 2.36. The van der Waals surface area contributed by atoms with Gasteiger partial charge in [0.05, 0.1) is 6.61 Å². The Labute approximate surface area is 117 Å². The fourth-order valence-corrected chi connectivity index (χ4v) is 3.69. The summed E-state index contributed by atoms with van der Waals surface area (Å²) in [6.07, 6.45) is 2.59. The van der Waals surface area contributed by atoms with Gasteiger partial charge in [-0.05, 0) is 24.2 Å². The van der Waals surface area contributed by atoms with Gasteiger partial charge in [-0.2, -0.15) is 12.7 Å². The van der Waals surface area contributed by atoms with Crippen LogP contribution in [0.5, 0.6) is 0 Å². The predicted octanol–water partition coefficient (Wildman–Crippen LogP) is 1.35. The van der Waals surface area contributed by atoms with Gasteiger partial charge < -0.3 is 5.11 Å². The zero-order valence-corrected chi connectivity index (χ0v) is 13.3. The van der Waals surface area contributed by atoms with E-state index in [0.29, 0.717) is 19.0 Å². The highest BCUT2D eigenvalue weighted by atomic mass is 32.2. The Morgan fingerprint density at radius 3 is 2.53 bits per heavy atom. The summed E-state index contributed by atoms with van der Waals surface area (Å²) in [7, 11) is -3.49. The highest BCUT2D eigenvalue weighted by Gasteiger charge is 2.33. The lowest BCUT2D eigenvalue weighted by Gasteiger charge is -2.35. The van der Waals surface area contributed by atoms with Gasteiger partial charge in [0.25, 0.3) is 10.2 Å². The molecule has 1 rings (SSSR count). The van der Waals surface area contributed by atoms with E-state index in [9.17, 15) is 13.5 Å². The summed E-state index contributed by atoms with van der Waals surface area (Å²) in [4.78, 5) is 0. The topological polar surface area (TPSA) is 69.6 Å². The first kappa shape index (κ1) is 16.9. The second-order valence-electron chi connectivity index (χ2n) is 6.41. The molecule has 1 saturated heterocycles. The smallest absolute Gasteiger partial charge is 0.279 e. The third-order valence-corrected chi connectivity index (χ3v) is 5.97. The van der Waals surface area contributed by atoms with Crippen molar-refractivity contribution in [2.75, 3.05) is 19.7 Å². The van der Waals surface area contributed by atoms with E-state index in [4.69, 9.17) is 0 Å². The standard InChI is InChI=1S/C13H28N2O3S/c1-11(2)13(3,4)10-14-19(17,18)15-8-6-5-7-12(15)9-16/h11-12,14,16H,5-10H2,1-4H3. The molecule has 0 aromatic carbocycles. The van der Waals surface area contributed by atoms with Crippen molar-refractivity contribution in [3.8, 4) is 0 Å². The van der Waals surface area contributed by atoms with Crippen LogP contribution in [0.4, 0.5) is 0 Å². The molecule has 2 N–H and O–H groups in total. The molecule has 1 heterocycles. The van der Waals surface area contributed by atoms with Crippen LogP contribution >= 0.6 is 0 Å². The summed E-state index contributed by atoms with van der Waals surface area (Å²) in [6.45, 7) is 9.11. The molecule has 0 amide bonds. The van der Waals surface area contributed by atoms with E-state index in [-0.39, 0.29) is 18.1 Å². The van der Waals surface area contributed by atoms with Crippen LogP contribution in [0.2, 0.25) is 0 Å². The summed E-state index contributed by atoms with van der Waals surface area (Å²) in [5.41, 5.74) is -0.0857. The number of aliphatic hydroxyl groups excluding tert-OH is 1. The minimum absolute atomic E-state index is 0.0857. The molecule has 1 aliphatic heterocycles. The normalized spacial score (nSPS) is 22.9. The largest absolute Gasteiger partial charge is 0.395 e. The monoisotopic (exact) mass is 292 g/mol. The quantitative estimate of drug-likeness (QED) is 0.776. The first-order valence-electron chi connectivity index (χ1n) is 7.08. The summed E-state index contributed by atoms with van der Waals surface area (Å²) in [5.74, 6) is 0.394. The molecule has 5 nitrogen and oxygen atoms in total. The van der Waals surface area contributed by atoms with Crippen molar-refractivity contribution < 1.29 is 13.5 Å². The molecule has 0 bridgehead atoms. The highest BCUT2D eigenvalue weighted by Crippen LogP contribution is 2.26. The summed E-state index contributed by atoms with van der Waals surface area (Å²) >= 11 is 0. The maximum absolute atomic E-state index is 12.3. The summed E-state index contributed by atoms with van der Waals surface area (Å²) < 4.78 is 28.8. The van der Waals surface area contributed by atoms with Crippen LogP contribution < -0.4 is 4.72 Å². The first-order valence-corrected chi connectivity index (χ1v) is 8.52. The number of nitrogens with one attached hydrogen (secondary N) is 1. The van der Waals surface area contributed by atoms with Gasteiger partial charge in [-0.15, -0.1) is 0 Å². The molecule has 0 radical (unpaired) electrons. The Morgan fingerprint density at radius 1 is 1.37 bits per heavy atom. The van der Waals surface area contributed by atoms with Crippen LogP contribution in [-0.2, 0) is 10.2 Å². The summed E-state index contributed by atoms with van der Waals surface area (Å²) in [6, 6.07) is -0.270. The fraction of sp³-hybridized carbons (Fsp3) is 1.00. The number of nitrogens with zero attached hydrogens (tertiary/aromatic N) is 1. The summed E-state index contributed by atoms with van der Waals surface area (Å²) in [5, 5.41) is 9.31. The van der Waals surface area contributed by atoms with Crippen molar-refractivity contribution in [2.24, 2.45) is 11.3 Å². The minimum atomic E-state index is -3.49. The molecule has 1 fully saturated rings. The van der Waals surface area contributed by atoms with Gasteiger partial charge in [0.2, 0.25) is 0 Å². The molecular formula is C13H28N2O3S. The predicted molar refractivity (Wildman–Crippen MR) is 77.0 cm³/mol.